The lowest BCUT2D eigenvalue weighted by molar-refractivity contribution is 0.557. The second-order valence-electron chi connectivity index (χ2n) is 5.44. The van der Waals surface area contributed by atoms with E-state index < -0.39 is 0 Å². The molecule has 1 nitrogen and oxygen atoms in total. The lowest BCUT2D eigenvalue weighted by Gasteiger charge is -2.20. The van der Waals surface area contributed by atoms with Crippen molar-refractivity contribution in [2.75, 3.05) is 0 Å². The van der Waals surface area contributed by atoms with Crippen molar-refractivity contribution >= 4 is 21.4 Å². The van der Waals surface area contributed by atoms with Crippen molar-refractivity contribution in [2.45, 2.75) is 45.1 Å². The molecule has 1 aromatic carbocycles. The van der Waals surface area contributed by atoms with Crippen LogP contribution in [0.5, 0.6) is 0 Å². The third kappa shape index (κ3) is 1.54. The van der Waals surface area contributed by atoms with Gasteiger partial charge >= 0.3 is 0 Å². The van der Waals surface area contributed by atoms with Crippen molar-refractivity contribution in [1.29, 1.82) is 0 Å². The van der Waals surface area contributed by atoms with E-state index in [1.54, 1.807) is 0 Å². The minimum absolute atomic E-state index is 0.266. The Morgan fingerprint density at radius 1 is 1.29 bits per heavy atom. The van der Waals surface area contributed by atoms with Crippen LogP contribution in [0.2, 0.25) is 0 Å². The Morgan fingerprint density at radius 3 is 2.59 bits per heavy atom. The van der Waals surface area contributed by atoms with Gasteiger partial charge in [-0.3, -0.25) is 0 Å². The molecule has 0 radical (unpaired) electrons. The molecule has 0 amide bonds. The largest absolute Gasteiger partial charge is 0.327 e. The van der Waals surface area contributed by atoms with Gasteiger partial charge in [-0.05, 0) is 56.2 Å². The molecule has 2 aromatic rings. The van der Waals surface area contributed by atoms with Gasteiger partial charge in [0, 0.05) is 21.0 Å². The van der Waals surface area contributed by atoms with Gasteiger partial charge in [0.25, 0.3) is 0 Å². The average Bonchev–Trinajstić information content (AvgIpc) is 3.04. The number of hydrogen-bond acceptors (Lipinski definition) is 2. The topological polar surface area (TPSA) is 26.0 Å². The summed E-state index contributed by atoms with van der Waals surface area (Å²) in [6.07, 6.45) is 2.50. The number of thiophene rings is 1. The Kier molecular flexibility index (Phi) is 2.36. The molecular weight excluding hydrogens is 226 g/mol. The van der Waals surface area contributed by atoms with Crippen LogP contribution < -0.4 is 5.73 Å². The molecule has 2 N–H and O–H groups in total. The van der Waals surface area contributed by atoms with Gasteiger partial charge < -0.3 is 5.73 Å². The molecule has 0 bridgehead atoms. The summed E-state index contributed by atoms with van der Waals surface area (Å²) in [5.41, 5.74) is 9.30. The minimum Gasteiger partial charge on any atom is -0.327 e. The van der Waals surface area contributed by atoms with Crippen molar-refractivity contribution in [2.24, 2.45) is 5.73 Å². The van der Waals surface area contributed by atoms with Crippen LogP contribution in [0.25, 0.3) is 10.1 Å². The molecule has 1 unspecified atom stereocenters. The van der Waals surface area contributed by atoms with Gasteiger partial charge in [0.05, 0.1) is 0 Å². The van der Waals surface area contributed by atoms with Crippen molar-refractivity contribution in [3.8, 4) is 0 Å². The maximum atomic E-state index is 6.15. The Bertz CT molecular complexity index is 576. The van der Waals surface area contributed by atoms with E-state index in [1.165, 1.54) is 38.9 Å². The number of rotatable bonds is 2. The lowest BCUT2D eigenvalue weighted by Crippen LogP contribution is -2.31. The van der Waals surface area contributed by atoms with Crippen LogP contribution in [0.3, 0.4) is 0 Å². The normalized spacial score (nSPS) is 19.5. The minimum atomic E-state index is 0.266. The Hall–Kier alpha value is -0.860. The molecule has 1 aliphatic carbocycles. The fraction of sp³-hybridized carbons (Fsp3) is 0.467. The highest BCUT2D eigenvalue weighted by Gasteiger charge is 2.47. The van der Waals surface area contributed by atoms with Crippen molar-refractivity contribution < 1.29 is 0 Å². The molecule has 0 aliphatic heterocycles. The van der Waals surface area contributed by atoms with E-state index in [0.29, 0.717) is 0 Å². The number of hydrogen-bond donors (Lipinski definition) is 1. The zero-order chi connectivity index (χ0) is 12.2. The van der Waals surface area contributed by atoms with Gasteiger partial charge in [-0.1, -0.05) is 12.1 Å². The molecule has 1 aliphatic rings. The summed E-state index contributed by atoms with van der Waals surface area (Å²) in [6, 6.07) is 7.21. The number of aryl methyl sites for hydroxylation is 2. The maximum absolute atomic E-state index is 6.15. The van der Waals surface area contributed by atoms with Crippen LogP contribution in [0.1, 0.15) is 35.8 Å². The molecule has 1 heterocycles. The highest BCUT2D eigenvalue weighted by Crippen LogP contribution is 2.51. The van der Waals surface area contributed by atoms with Crippen molar-refractivity contribution in [1.82, 2.24) is 0 Å². The molecule has 90 valence electrons. The van der Waals surface area contributed by atoms with E-state index in [-0.39, 0.29) is 11.5 Å². The standard InChI is InChI=1S/C15H19NS/c1-9-10(2)17-14-8-12(4-5-13(9)14)15(6-7-15)11(3)16/h4-5,8,11H,6-7,16H2,1-3H3. The molecule has 1 aromatic heterocycles. The highest BCUT2D eigenvalue weighted by atomic mass is 32.1. The monoisotopic (exact) mass is 245 g/mol. The zero-order valence-electron chi connectivity index (χ0n) is 10.7. The average molecular weight is 245 g/mol. The molecule has 17 heavy (non-hydrogen) atoms. The first-order chi connectivity index (χ1) is 8.04. The van der Waals surface area contributed by atoms with Crippen LogP contribution >= 0.6 is 11.3 Å². The van der Waals surface area contributed by atoms with Gasteiger partial charge in [0.1, 0.15) is 0 Å². The van der Waals surface area contributed by atoms with Crippen LogP contribution in [0, 0.1) is 13.8 Å². The zero-order valence-corrected chi connectivity index (χ0v) is 11.5. The van der Waals surface area contributed by atoms with E-state index in [9.17, 15) is 0 Å². The van der Waals surface area contributed by atoms with Gasteiger partial charge in [0.15, 0.2) is 0 Å². The van der Waals surface area contributed by atoms with E-state index in [2.05, 4.69) is 39.0 Å². The summed E-state index contributed by atoms with van der Waals surface area (Å²) in [6.45, 7) is 6.56. The first kappa shape index (κ1) is 11.2. The third-order valence-electron chi connectivity index (χ3n) is 4.41. The third-order valence-corrected chi connectivity index (χ3v) is 5.58. The Balaban J connectivity index is 2.15. The quantitative estimate of drug-likeness (QED) is 0.853. The van der Waals surface area contributed by atoms with Crippen LogP contribution in [-0.2, 0) is 5.41 Å². The number of nitrogens with two attached hydrogens (primary N) is 1. The SMILES string of the molecule is Cc1sc2cc(C3(C(C)N)CC3)ccc2c1C. The van der Waals surface area contributed by atoms with Crippen molar-refractivity contribution in [3.63, 3.8) is 0 Å². The predicted octanol–water partition coefficient (Wildman–Crippen LogP) is 3.90. The van der Waals surface area contributed by atoms with Gasteiger partial charge in [-0.15, -0.1) is 11.3 Å². The first-order valence-electron chi connectivity index (χ1n) is 6.30. The summed E-state index contributed by atoms with van der Waals surface area (Å²) in [5.74, 6) is 0. The van der Waals surface area contributed by atoms with E-state index in [4.69, 9.17) is 5.73 Å². The molecular formula is C15H19NS. The molecule has 1 atom stereocenters. The number of benzene rings is 1. The summed E-state index contributed by atoms with van der Waals surface area (Å²) in [4.78, 5) is 1.43. The lowest BCUT2D eigenvalue weighted by atomic mass is 9.89. The van der Waals surface area contributed by atoms with Gasteiger partial charge in [-0.2, -0.15) is 0 Å². The van der Waals surface area contributed by atoms with Gasteiger partial charge in [0.2, 0.25) is 0 Å². The van der Waals surface area contributed by atoms with Crippen LogP contribution in [0.4, 0.5) is 0 Å². The summed E-state index contributed by atoms with van der Waals surface area (Å²) < 4.78 is 1.42. The summed E-state index contributed by atoms with van der Waals surface area (Å²) in [5, 5.41) is 1.41. The molecule has 0 spiro atoms. The highest BCUT2D eigenvalue weighted by molar-refractivity contribution is 7.19. The van der Waals surface area contributed by atoms with E-state index in [1.807, 2.05) is 11.3 Å². The smallest absolute Gasteiger partial charge is 0.0351 e. The van der Waals surface area contributed by atoms with Crippen LogP contribution in [0.15, 0.2) is 18.2 Å². The molecule has 3 rings (SSSR count). The fourth-order valence-corrected chi connectivity index (χ4v) is 3.91. The summed E-state index contributed by atoms with van der Waals surface area (Å²) >= 11 is 1.91. The summed E-state index contributed by atoms with van der Waals surface area (Å²) in [7, 11) is 0. The van der Waals surface area contributed by atoms with Gasteiger partial charge in [-0.25, -0.2) is 0 Å². The predicted molar refractivity (Wildman–Crippen MR) is 75.9 cm³/mol. The Morgan fingerprint density at radius 2 is 2.00 bits per heavy atom. The molecule has 1 fully saturated rings. The molecule has 1 saturated carbocycles. The maximum Gasteiger partial charge on any atom is 0.0351 e. The van der Waals surface area contributed by atoms with Crippen molar-refractivity contribution in [3.05, 3.63) is 34.2 Å². The first-order valence-corrected chi connectivity index (χ1v) is 7.12. The van der Waals surface area contributed by atoms with E-state index >= 15 is 0 Å². The molecule has 0 saturated heterocycles. The van der Waals surface area contributed by atoms with Crippen LogP contribution in [-0.4, -0.2) is 6.04 Å². The molecule has 2 heteroatoms. The second-order valence-corrected chi connectivity index (χ2v) is 6.70. The Labute approximate surface area is 107 Å². The number of fused-ring (bicyclic) bond motifs is 1. The fourth-order valence-electron chi connectivity index (χ4n) is 2.80. The van der Waals surface area contributed by atoms with E-state index in [0.717, 1.165) is 0 Å². The second kappa shape index (κ2) is 3.56.